The summed E-state index contributed by atoms with van der Waals surface area (Å²) in [6.07, 6.45) is 6.22. The van der Waals surface area contributed by atoms with Crippen LogP contribution in [0.1, 0.15) is 23.2 Å². The summed E-state index contributed by atoms with van der Waals surface area (Å²) in [5.41, 5.74) is 10.9. The molecular formula is C15H23N7O2. The van der Waals surface area contributed by atoms with Crippen LogP contribution < -0.4 is 22.1 Å². The molecule has 1 aliphatic carbocycles. The molecule has 2 amide bonds. The maximum absolute atomic E-state index is 11.7. The molecule has 1 aromatic heterocycles. The van der Waals surface area contributed by atoms with E-state index in [0.29, 0.717) is 5.95 Å². The number of hydrogen-bond donors (Lipinski definition) is 4. The summed E-state index contributed by atoms with van der Waals surface area (Å²) in [4.78, 5) is 32.8. The number of hydrogen-bond acceptors (Lipinski definition) is 7. The van der Waals surface area contributed by atoms with E-state index in [2.05, 4.69) is 20.6 Å². The van der Waals surface area contributed by atoms with Gasteiger partial charge in [-0.25, -0.2) is 4.98 Å². The zero-order chi connectivity index (χ0) is 17.7. The van der Waals surface area contributed by atoms with Gasteiger partial charge in [-0.1, -0.05) is 6.08 Å². The maximum Gasteiger partial charge on any atom is 0.254 e. The first kappa shape index (κ1) is 17.7. The molecule has 9 nitrogen and oxygen atoms in total. The molecule has 0 bridgehead atoms. The molecule has 0 radical (unpaired) electrons. The summed E-state index contributed by atoms with van der Waals surface area (Å²) in [6.45, 7) is 0.725. The Morgan fingerprint density at radius 1 is 1.38 bits per heavy atom. The molecule has 24 heavy (non-hydrogen) atoms. The van der Waals surface area contributed by atoms with Gasteiger partial charge in [0.25, 0.3) is 5.91 Å². The second-order valence-corrected chi connectivity index (χ2v) is 6.04. The first-order valence-electron chi connectivity index (χ1n) is 7.65. The highest BCUT2D eigenvalue weighted by molar-refractivity contribution is 5.96. The molecule has 1 fully saturated rings. The smallest absolute Gasteiger partial charge is 0.254 e. The predicted molar refractivity (Wildman–Crippen MR) is 91.2 cm³/mol. The normalized spacial score (nSPS) is 20.0. The van der Waals surface area contributed by atoms with Crippen molar-refractivity contribution in [2.24, 2.45) is 5.73 Å². The van der Waals surface area contributed by atoms with Gasteiger partial charge in [0, 0.05) is 30.9 Å². The SMILES string of the molecule is CN(C)C/C=C/C(=O)N[C@H]1C[C@@H](Nc2ncc(C(N)=O)c(N)n2)C1. The Balaban J connectivity index is 1.75. The molecule has 2 rings (SSSR count). The number of nitrogens with one attached hydrogen (secondary N) is 2. The van der Waals surface area contributed by atoms with E-state index in [4.69, 9.17) is 11.5 Å². The van der Waals surface area contributed by atoms with Gasteiger partial charge in [0.2, 0.25) is 11.9 Å². The maximum atomic E-state index is 11.7. The zero-order valence-electron chi connectivity index (χ0n) is 13.8. The van der Waals surface area contributed by atoms with Crippen LogP contribution in [0, 0.1) is 0 Å². The Morgan fingerprint density at radius 3 is 2.67 bits per heavy atom. The lowest BCUT2D eigenvalue weighted by Crippen LogP contribution is -2.49. The Hall–Kier alpha value is -2.68. The molecule has 130 valence electrons. The summed E-state index contributed by atoms with van der Waals surface area (Å²) in [6, 6.07) is 0.279. The highest BCUT2D eigenvalue weighted by atomic mass is 16.1. The molecule has 1 aromatic rings. The monoisotopic (exact) mass is 333 g/mol. The van der Waals surface area contributed by atoms with E-state index < -0.39 is 5.91 Å². The van der Waals surface area contributed by atoms with E-state index >= 15 is 0 Å². The fourth-order valence-electron chi connectivity index (χ4n) is 2.31. The number of nitrogens with two attached hydrogens (primary N) is 2. The summed E-state index contributed by atoms with van der Waals surface area (Å²) >= 11 is 0. The van der Waals surface area contributed by atoms with Gasteiger partial charge in [-0.2, -0.15) is 4.98 Å². The van der Waals surface area contributed by atoms with Crippen molar-refractivity contribution < 1.29 is 9.59 Å². The molecule has 1 heterocycles. The number of amides is 2. The van der Waals surface area contributed by atoms with Gasteiger partial charge >= 0.3 is 0 Å². The fraction of sp³-hybridized carbons (Fsp3) is 0.467. The number of primary amides is 1. The van der Waals surface area contributed by atoms with Crippen molar-refractivity contribution >= 4 is 23.6 Å². The largest absolute Gasteiger partial charge is 0.383 e. The molecule has 1 aliphatic rings. The quantitative estimate of drug-likeness (QED) is 0.485. The van der Waals surface area contributed by atoms with Crippen LogP contribution in [-0.4, -0.2) is 59.4 Å². The molecule has 0 saturated heterocycles. The number of rotatable bonds is 7. The van der Waals surface area contributed by atoms with Gasteiger partial charge in [-0.15, -0.1) is 0 Å². The molecule has 0 spiro atoms. The Labute approximate surface area is 140 Å². The standard InChI is InChI=1S/C15H23N7O2/c1-22(2)5-3-4-12(23)19-9-6-10(7-9)20-15-18-8-11(14(17)24)13(16)21-15/h3-4,8-10H,5-7H2,1-2H3,(H2,17,24)(H,19,23)(H3,16,18,20,21)/b4-3+/t9-,10+. The van der Waals surface area contributed by atoms with Crippen LogP contribution in [0.15, 0.2) is 18.3 Å². The van der Waals surface area contributed by atoms with Gasteiger partial charge in [0.05, 0.1) is 5.56 Å². The van der Waals surface area contributed by atoms with Gasteiger partial charge in [0.15, 0.2) is 0 Å². The Kier molecular flexibility index (Phi) is 5.69. The van der Waals surface area contributed by atoms with Crippen LogP contribution >= 0.6 is 0 Å². The fourth-order valence-corrected chi connectivity index (χ4v) is 2.31. The average molecular weight is 333 g/mol. The zero-order valence-corrected chi connectivity index (χ0v) is 13.8. The topological polar surface area (TPSA) is 139 Å². The average Bonchev–Trinajstić information content (AvgIpc) is 2.44. The molecule has 0 atom stereocenters. The Bertz CT molecular complexity index is 639. The molecule has 0 unspecified atom stereocenters. The summed E-state index contributed by atoms with van der Waals surface area (Å²) in [7, 11) is 3.88. The van der Waals surface area contributed by atoms with Crippen molar-refractivity contribution in [1.29, 1.82) is 0 Å². The number of carbonyl (C=O) groups is 2. The first-order valence-corrected chi connectivity index (χ1v) is 7.65. The third-order valence-electron chi connectivity index (χ3n) is 3.64. The van der Waals surface area contributed by atoms with Crippen LogP contribution in [0.5, 0.6) is 0 Å². The molecule has 0 aliphatic heterocycles. The molecular weight excluding hydrogens is 310 g/mol. The van der Waals surface area contributed by atoms with Crippen molar-refractivity contribution in [1.82, 2.24) is 20.2 Å². The van der Waals surface area contributed by atoms with Crippen molar-refractivity contribution in [3.05, 3.63) is 23.9 Å². The number of likely N-dealkylation sites (N-methyl/N-ethyl adjacent to an activating group) is 1. The van der Waals surface area contributed by atoms with Crippen molar-refractivity contribution in [3.63, 3.8) is 0 Å². The minimum absolute atomic E-state index is 0.0511. The summed E-state index contributed by atoms with van der Waals surface area (Å²) in [5, 5.41) is 6.05. The third-order valence-corrected chi connectivity index (χ3v) is 3.64. The Morgan fingerprint density at radius 2 is 2.08 bits per heavy atom. The molecule has 6 N–H and O–H groups in total. The predicted octanol–water partition coefficient (Wildman–Crippen LogP) is -0.665. The summed E-state index contributed by atoms with van der Waals surface area (Å²) < 4.78 is 0. The molecule has 0 aromatic carbocycles. The van der Waals surface area contributed by atoms with E-state index in [1.807, 2.05) is 25.1 Å². The number of nitrogen functional groups attached to an aromatic ring is 1. The lowest BCUT2D eigenvalue weighted by Gasteiger charge is -2.36. The van der Waals surface area contributed by atoms with Crippen LogP contribution in [0.4, 0.5) is 11.8 Å². The van der Waals surface area contributed by atoms with E-state index in [9.17, 15) is 9.59 Å². The first-order chi connectivity index (χ1) is 11.3. The van der Waals surface area contributed by atoms with Crippen molar-refractivity contribution in [3.8, 4) is 0 Å². The minimum atomic E-state index is -0.659. The van der Waals surface area contributed by atoms with Crippen LogP contribution in [0.2, 0.25) is 0 Å². The number of aromatic nitrogens is 2. The van der Waals surface area contributed by atoms with Crippen molar-refractivity contribution in [2.75, 3.05) is 31.7 Å². The van der Waals surface area contributed by atoms with Gasteiger partial charge in [0.1, 0.15) is 5.82 Å². The number of nitrogens with zero attached hydrogens (tertiary/aromatic N) is 3. The minimum Gasteiger partial charge on any atom is -0.383 e. The van der Waals surface area contributed by atoms with E-state index in [0.717, 1.165) is 19.4 Å². The van der Waals surface area contributed by atoms with Crippen molar-refractivity contribution in [2.45, 2.75) is 24.9 Å². The molecule has 1 saturated carbocycles. The third kappa shape index (κ3) is 4.92. The van der Waals surface area contributed by atoms with Crippen LogP contribution in [-0.2, 0) is 4.79 Å². The molecule has 9 heteroatoms. The van der Waals surface area contributed by atoms with Gasteiger partial charge in [-0.3, -0.25) is 9.59 Å². The lowest BCUT2D eigenvalue weighted by molar-refractivity contribution is -0.117. The second-order valence-electron chi connectivity index (χ2n) is 6.04. The second kappa shape index (κ2) is 7.73. The number of anilines is 2. The highest BCUT2D eigenvalue weighted by Gasteiger charge is 2.30. The van der Waals surface area contributed by atoms with Gasteiger partial charge in [-0.05, 0) is 26.9 Å². The van der Waals surface area contributed by atoms with Crippen LogP contribution in [0.25, 0.3) is 0 Å². The van der Waals surface area contributed by atoms with E-state index in [1.165, 1.54) is 6.20 Å². The van der Waals surface area contributed by atoms with Crippen LogP contribution in [0.3, 0.4) is 0 Å². The number of carbonyl (C=O) groups excluding carboxylic acids is 2. The van der Waals surface area contributed by atoms with E-state index in [-0.39, 0.29) is 29.4 Å². The summed E-state index contributed by atoms with van der Waals surface area (Å²) in [5.74, 6) is -0.354. The lowest BCUT2D eigenvalue weighted by atomic mass is 9.87. The van der Waals surface area contributed by atoms with E-state index in [1.54, 1.807) is 6.08 Å². The van der Waals surface area contributed by atoms with Gasteiger partial charge < -0.3 is 27.0 Å². The highest BCUT2D eigenvalue weighted by Crippen LogP contribution is 2.23.